The van der Waals surface area contributed by atoms with Crippen LogP contribution in [-0.2, 0) is 21.5 Å². The molecule has 2 atom stereocenters. The number of hydrogen-bond acceptors (Lipinski definition) is 6. The van der Waals surface area contributed by atoms with E-state index >= 15 is 0 Å². The Balaban J connectivity index is 1.77. The van der Waals surface area contributed by atoms with Gasteiger partial charge in [0.2, 0.25) is 6.41 Å². The Labute approximate surface area is 152 Å². The molecule has 1 spiro atoms. The molecule has 1 fully saturated rings. The highest BCUT2D eigenvalue weighted by atomic mass is 32.1. The van der Waals surface area contributed by atoms with Gasteiger partial charge in [0.25, 0.3) is 0 Å². The van der Waals surface area contributed by atoms with Crippen molar-refractivity contribution in [2.24, 2.45) is 0 Å². The van der Waals surface area contributed by atoms with Crippen molar-refractivity contribution in [2.75, 3.05) is 13.1 Å². The van der Waals surface area contributed by atoms with Gasteiger partial charge in [-0.15, -0.1) is 11.3 Å². The fourth-order valence-corrected chi connectivity index (χ4v) is 4.92. The van der Waals surface area contributed by atoms with Gasteiger partial charge < -0.3 is 19.7 Å². The Morgan fingerprint density at radius 1 is 1.44 bits per heavy atom. The van der Waals surface area contributed by atoms with Crippen LogP contribution in [0.2, 0.25) is 0 Å². The second-order valence-corrected chi connectivity index (χ2v) is 9.04. The molecule has 2 N–H and O–H groups in total. The summed E-state index contributed by atoms with van der Waals surface area (Å²) >= 11 is 1.33. The van der Waals surface area contributed by atoms with Crippen LogP contribution in [-0.4, -0.2) is 52.3 Å². The largest absolute Gasteiger partial charge is 0.477 e. The maximum atomic E-state index is 11.4. The second-order valence-electron chi connectivity index (χ2n) is 7.99. The normalized spacial score (nSPS) is 24.9. The van der Waals surface area contributed by atoms with Crippen LogP contribution >= 0.6 is 11.3 Å². The van der Waals surface area contributed by atoms with E-state index < -0.39 is 23.6 Å². The van der Waals surface area contributed by atoms with Gasteiger partial charge in [0.05, 0.1) is 11.7 Å². The summed E-state index contributed by atoms with van der Waals surface area (Å²) in [5, 5.41) is 19.6. The first-order valence-corrected chi connectivity index (χ1v) is 9.55. The van der Waals surface area contributed by atoms with Gasteiger partial charge in [-0.3, -0.25) is 4.90 Å². The van der Waals surface area contributed by atoms with Gasteiger partial charge in [-0.05, 0) is 58.6 Å². The van der Waals surface area contributed by atoms with Crippen molar-refractivity contribution in [3.8, 4) is 0 Å². The van der Waals surface area contributed by atoms with Gasteiger partial charge >= 0.3 is 5.97 Å². The average Bonchev–Trinajstić information content (AvgIpc) is 2.91. The molecule has 3 rings (SSSR count). The van der Waals surface area contributed by atoms with Crippen LogP contribution in [0.1, 0.15) is 60.6 Å². The van der Waals surface area contributed by atoms with Gasteiger partial charge in [0.15, 0.2) is 0 Å². The predicted molar refractivity (Wildman–Crippen MR) is 94.9 cm³/mol. The molecule has 2 aliphatic rings. The Kier molecular flexibility index (Phi) is 4.98. The highest BCUT2D eigenvalue weighted by Crippen LogP contribution is 2.47. The Hall–Kier alpha value is -0.990. The molecule has 2 unspecified atom stereocenters. The number of piperidine rings is 1. The lowest BCUT2D eigenvalue weighted by molar-refractivity contribution is -0.253. The van der Waals surface area contributed by atoms with Crippen LogP contribution < -0.4 is 0 Å². The van der Waals surface area contributed by atoms with Crippen molar-refractivity contribution in [1.82, 2.24) is 4.90 Å². The number of ether oxygens (including phenoxy) is 2. The zero-order valence-corrected chi connectivity index (χ0v) is 16.1. The lowest BCUT2D eigenvalue weighted by Gasteiger charge is -2.46. The molecular weight excluding hydrogens is 342 g/mol. The molecule has 6 nitrogen and oxygen atoms in total. The minimum Gasteiger partial charge on any atom is -0.477 e. The minimum absolute atomic E-state index is 0.0612. The summed E-state index contributed by atoms with van der Waals surface area (Å²) in [6, 6.07) is 1.80. The van der Waals surface area contributed by atoms with Gasteiger partial charge in [-0.1, -0.05) is 0 Å². The summed E-state index contributed by atoms with van der Waals surface area (Å²) in [5.41, 5.74) is 0.242. The van der Waals surface area contributed by atoms with Crippen LogP contribution in [0, 0.1) is 0 Å². The van der Waals surface area contributed by atoms with E-state index in [9.17, 15) is 15.0 Å². The lowest BCUT2D eigenvalue weighted by Crippen LogP contribution is -2.52. The maximum Gasteiger partial charge on any atom is 0.345 e. The summed E-state index contributed by atoms with van der Waals surface area (Å²) in [6.07, 6.45) is 1.31. The fraction of sp³-hybridized carbons (Fsp3) is 0.722. The van der Waals surface area contributed by atoms with Crippen LogP contribution in [0.25, 0.3) is 0 Å². The van der Waals surface area contributed by atoms with Crippen LogP contribution in [0.15, 0.2) is 6.07 Å². The Morgan fingerprint density at radius 2 is 2.08 bits per heavy atom. The van der Waals surface area contributed by atoms with Crippen molar-refractivity contribution < 1.29 is 24.5 Å². The molecule has 0 saturated carbocycles. The van der Waals surface area contributed by atoms with Gasteiger partial charge in [0.1, 0.15) is 10.5 Å². The fourth-order valence-electron chi connectivity index (χ4n) is 3.70. The lowest BCUT2D eigenvalue weighted by atomic mass is 9.84. The molecule has 0 aliphatic carbocycles. The molecule has 1 aromatic rings. The molecular formula is C18H27NO5S. The van der Waals surface area contributed by atoms with Crippen molar-refractivity contribution in [2.45, 2.75) is 70.7 Å². The van der Waals surface area contributed by atoms with Gasteiger partial charge in [-0.25, -0.2) is 4.79 Å². The van der Waals surface area contributed by atoms with Crippen molar-refractivity contribution >= 4 is 17.3 Å². The second kappa shape index (κ2) is 6.63. The van der Waals surface area contributed by atoms with Crippen molar-refractivity contribution in [1.29, 1.82) is 0 Å². The van der Waals surface area contributed by atoms with E-state index in [-0.39, 0.29) is 6.10 Å². The van der Waals surface area contributed by atoms with Crippen molar-refractivity contribution in [3.63, 3.8) is 0 Å². The third-order valence-electron chi connectivity index (χ3n) is 4.74. The van der Waals surface area contributed by atoms with E-state index in [1.165, 1.54) is 11.3 Å². The molecule has 1 saturated heterocycles. The third kappa shape index (κ3) is 3.90. The molecule has 0 aromatic carbocycles. The third-order valence-corrected chi connectivity index (χ3v) is 6.10. The highest BCUT2D eigenvalue weighted by molar-refractivity contribution is 7.14. The number of nitrogens with zero attached hydrogens (tertiary/aromatic N) is 1. The number of fused-ring (bicyclic) bond motifs is 2. The number of aliphatic hydroxyl groups excluding tert-OH is 1. The van der Waals surface area contributed by atoms with Crippen LogP contribution in [0.3, 0.4) is 0 Å². The molecule has 0 radical (unpaired) electrons. The quantitative estimate of drug-likeness (QED) is 0.798. The molecule has 1 aromatic heterocycles. The minimum atomic E-state index is -0.934. The molecule has 3 heterocycles. The monoisotopic (exact) mass is 369 g/mol. The number of rotatable bonds is 3. The predicted octanol–water partition coefficient (Wildman–Crippen LogP) is 2.79. The zero-order chi connectivity index (χ0) is 18.4. The number of carbonyl (C=O) groups is 1. The van der Waals surface area contributed by atoms with Gasteiger partial charge in [-0.2, -0.15) is 0 Å². The number of carboxylic acid groups (broad SMARTS) is 1. The molecule has 7 heteroatoms. The molecule has 0 amide bonds. The van der Waals surface area contributed by atoms with Crippen LogP contribution in [0.5, 0.6) is 0 Å². The summed E-state index contributed by atoms with van der Waals surface area (Å²) in [7, 11) is 0. The molecule has 140 valence electrons. The number of hydrogen-bond donors (Lipinski definition) is 2. The van der Waals surface area contributed by atoms with Crippen LogP contribution in [0.4, 0.5) is 0 Å². The van der Waals surface area contributed by atoms with E-state index in [1.54, 1.807) is 6.07 Å². The summed E-state index contributed by atoms with van der Waals surface area (Å²) in [6.45, 7) is 9.07. The number of likely N-dealkylation sites (tertiary alicyclic amines) is 1. The van der Waals surface area contributed by atoms with Crippen molar-refractivity contribution in [3.05, 3.63) is 21.4 Å². The molecule has 25 heavy (non-hydrogen) atoms. The maximum absolute atomic E-state index is 11.4. The average molecular weight is 369 g/mol. The number of thiophene rings is 1. The number of aliphatic hydroxyl groups is 1. The van der Waals surface area contributed by atoms with E-state index in [1.807, 2.05) is 32.6 Å². The first kappa shape index (κ1) is 18.8. The summed E-state index contributed by atoms with van der Waals surface area (Å²) in [5.74, 6) is -0.881. The van der Waals surface area contributed by atoms with Gasteiger partial charge in [0, 0.05) is 18.0 Å². The Morgan fingerprint density at radius 3 is 2.64 bits per heavy atom. The Bertz CT molecular complexity index is 642. The van der Waals surface area contributed by atoms with E-state index in [0.29, 0.717) is 30.8 Å². The number of carboxylic acids is 1. The smallest absolute Gasteiger partial charge is 0.345 e. The molecule has 0 bridgehead atoms. The first-order chi connectivity index (χ1) is 11.6. The number of aromatic carboxylic acids is 1. The SMILES string of the molecule is CC1Cc2cc(C(=O)O)sc2C2(CCN(C(O)OC(C)(C)C)CC2)O1. The first-order valence-electron chi connectivity index (χ1n) is 8.74. The zero-order valence-electron chi connectivity index (χ0n) is 15.2. The topological polar surface area (TPSA) is 79.2 Å². The standard InChI is InChI=1S/C18H27NO5S/c1-11-9-12-10-13(15(20)21)25-14(12)18(23-11)5-7-19(8-6-18)16(22)24-17(2,3)4/h10-11,16,22H,5-9H2,1-4H3,(H,20,21). The van der Waals surface area contributed by atoms with E-state index in [0.717, 1.165) is 16.9 Å². The molecule has 2 aliphatic heterocycles. The van der Waals surface area contributed by atoms with E-state index in [2.05, 4.69) is 0 Å². The highest BCUT2D eigenvalue weighted by Gasteiger charge is 2.45. The summed E-state index contributed by atoms with van der Waals surface area (Å²) < 4.78 is 12.0. The van der Waals surface area contributed by atoms with E-state index in [4.69, 9.17) is 9.47 Å². The summed E-state index contributed by atoms with van der Waals surface area (Å²) in [4.78, 5) is 14.7.